The highest BCUT2D eigenvalue weighted by molar-refractivity contribution is 7.80. The summed E-state index contributed by atoms with van der Waals surface area (Å²) in [6.45, 7) is 1.59. The fourth-order valence-corrected chi connectivity index (χ4v) is 2.69. The third-order valence-corrected chi connectivity index (χ3v) is 4.47. The molecule has 0 aromatic heterocycles. The van der Waals surface area contributed by atoms with Gasteiger partial charge in [0.2, 0.25) is 0 Å². The summed E-state index contributed by atoms with van der Waals surface area (Å²) >= 11 is 8.01. The number of rotatable bonds is 10. The van der Waals surface area contributed by atoms with Crippen molar-refractivity contribution in [2.24, 2.45) is 17.3 Å². The minimum Gasteiger partial charge on any atom is -0.481 e. The lowest BCUT2D eigenvalue weighted by molar-refractivity contribution is -0.143. The number of aliphatic carboxylic acids is 2. The molecule has 0 fully saturated rings. The Bertz CT molecular complexity index is 278. The highest BCUT2D eigenvalue weighted by Gasteiger charge is 2.37. The van der Waals surface area contributed by atoms with Gasteiger partial charge in [-0.05, 0) is 24.7 Å². The molecule has 19 heavy (non-hydrogen) atoms. The molecule has 112 valence electrons. The smallest absolute Gasteiger partial charge is 0.307 e. The van der Waals surface area contributed by atoms with Gasteiger partial charge in [-0.3, -0.25) is 9.59 Å². The van der Waals surface area contributed by atoms with Gasteiger partial charge in [0.15, 0.2) is 0 Å². The van der Waals surface area contributed by atoms with Crippen LogP contribution in [0.2, 0.25) is 0 Å². The fraction of sp³-hybridized carbons (Fsp3) is 0.833. The van der Waals surface area contributed by atoms with E-state index in [0.717, 1.165) is 0 Å². The lowest BCUT2D eigenvalue weighted by Gasteiger charge is -2.34. The monoisotopic (exact) mass is 310 g/mol. The maximum absolute atomic E-state index is 11.1. The summed E-state index contributed by atoms with van der Waals surface area (Å²) in [5, 5.41) is 27.7. The third kappa shape index (κ3) is 5.62. The molecule has 2 atom stereocenters. The Morgan fingerprint density at radius 1 is 1.05 bits per heavy atom. The Hall–Kier alpha value is -0.400. The van der Waals surface area contributed by atoms with Crippen LogP contribution < -0.4 is 0 Å². The molecule has 5 nitrogen and oxygen atoms in total. The molecule has 0 aliphatic rings. The van der Waals surface area contributed by atoms with Gasteiger partial charge in [-0.25, -0.2) is 0 Å². The number of carboxylic acids is 2. The van der Waals surface area contributed by atoms with Crippen molar-refractivity contribution in [2.75, 3.05) is 18.1 Å². The molecule has 0 bridgehead atoms. The van der Waals surface area contributed by atoms with E-state index in [1.165, 1.54) is 0 Å². The Morgan fingerprint density at radius 3 is 1.58 bits per heavy atom. The normalized spacial score (nSPS) is 17.5. The van der Waals surface area contributed by atoms with Gasteiger partial charge in [-0.2, -0.15) is 25.3 Å². The SMILES string of the molecule is CCC(CO)(CC(CS)C(=O)O)CC(CS)C(=O)O. The average Bonchev–Trinajstić information content (AvgIpc) is 2.39. The summed E-state index contributed by atoms with van der Waals surface area (Å²) in [5.41, 5.74) is -0.711. The lowest BCUT2D eigenvalue weighted by Crippen LogP contribution is -2.35. The molecule has 0 amide bonds. The number of aliphatic hydroxyl groups excluding tert-OH is 1. The van der Waals surface area contributed by atoms with Crippen molar-refractivity contribution in [1.29, 1.82) is 0 Å². The van der Waals surface area contributed by atoms with Crippen LogP contribution in [-0.2, 0) is 9.59 Å². The van der Waals surface area contributed by atoms with Gasteiger partial charge in [-0.1, -0.05) is 6.92 Å². The van der Waals surface area contributed by atoms with Crippen molar-refractivity contribution >= 4 is 37.2 Å². The molecule has 2 unspecified atom stereocenters. The molecule has 0 heterocycles. The van der Waals surface area contributed by atoms with E-state index in [2.05, 4.69) is 25.3 Å². The van der Waals surface area contributed by atoms with Crippen LogP contribution in [0.3, 0.4) is 0 Å². The Balaban J connectivity index is 5.02. The summed E-state index contributed by atoms with van der Waals surface area (Å²) in [7, 11) is 0. The Morgan fingerprint density at radius 2 is 1.42 bits per heavy atom. The predicted octanol–water partition coefficient (Wildman–Crippen LogP) is 1.42. The van der Waals surface area contributed by atoms with Crippen molar-refractivity contribution in [2.45, 2.75) is 26.2 Å². The van der Waals surface area contributed by atoms with E-state index < -0.39 is 29.2 Å². The van der Waals surface area contributed by atoms with Gasteiger partial charge in [0.05, 0.1) is 11.8 Å². The molecule has 0 aromatic rings. The topological polar surface area (TPSA) is 94.8 Å². The first-order chi connectivity index (χ1) is 8.85. The third-order valence-electron chi connectivity index (χ3n) is 3.58. The number of aliphatic hydroxyl groups is 1. The Labute approximate surface area is 124 Å². The summed E-state index contributed by atoms with van der Waals surface area (Å²) in [4.78, 5) is 22.1. The van der Waals surface area contributed by atoms with E-state index in [4.69, 9.17) is 10.2 Å². The second-order valence-corrected chi connectivity index (χ2v) is 5.59. The van der Waals surface area contributed by atoms with Crippen molar-refractivity contribution in [3.8, 4) is 0 Å². The number of carboxylic acid groups (broad SMARTS) is 2. The van der Waals surface area contributed by atoms with Gasteiger partial charge < -0.3 is 15.3 Å². The van der Waals surface area contributed by atoms with E-state index in [-0.39, 0.29) is 31.0 Å². The predicted molar refractivity (Wildman–Crippen MR) is 79.0 cm³/mol. The molecule has 0 aromatic carbocycles. The van der Waals surface area contributed by atoms with E-state index in [1.807, 2.05) is 6.92 Å². The first-order valence-corrected chi connectivity index (χ1v) is 7.40. The van der Waals surface area contributed by atoms with Crippen LogP contribution in [0.25, 0.3) is 0 Å². The van der Waals surface area contributed by atoms with Gasteiger partial charge in [-0.15, -0.1) is 0 Å². The second kappa shape index (κ2) is 8.71. The highest BCUT2D eigenvalue weighted by Crippen LogP contribution is 2.37. The lowest BCUT2D eigenvalue weighted by atomic mass is 9.72. The molecule has 0 aliphatic carbocycles. The second-order valence-electron chi connectivity index (χ2n) is 4.86. The van der Waals surface area contributed by atoms with Crippen molar-refractivity contribution in [3.05, 3.63) is 0 Å². The van der Waals surface area contributed by atoms with Gasteiger partial charge >= 0.3 is 11.9 Å². The fourth-order valence-electron chi connectivity index (χ4n) is 2.12. The molecule has 0 spiro atoms. The first kappa shape index (κ1) is 18.6. The van der Waals surface area contributed by atoms with Crippen molar-refractivity contribution in [3.63, 3.8) is 0 Å². The van der Waals surface area contributed by atoms with E-state index in [1.54, 1.807) is 0 Å². The first-order valence-electron chi connectivity index (χ1n) is 6.14. The van der Waals surface area contributed by atoms with Crippen LogP contribution >= 0.6 is 25.3 Å². The minimum absolute atomic E-state index is 0.162. The maximum atomic E-state index is 11.1. The van der Waals surface area contributed by atoms with E-state index in [0.29, 0.717) is 6.42 Å². The highest BCUT2D eigenvalue weighted by atomic mass is 32.1. The largest absolute Gasteiger partial charge is 0.481 e. The van der Waals surface area contributed by atoms with E-state index >= 15 is 0 Å². The molecular weight excluding hydrogens is 288 g/mol. The van der Waals surface area contributed by atoms with Crippen LogP contribution in [0.1, 0.15) is 26.2 Å². The van der Waals surface area contributed by atoms with Crippen molar-refractivity contribution < 1.29 is 24.9 Å². The van der Waals surface area contributed by atoms with Crippen LogP contribution in [0, 0.1) is 17.3 Å². The zero-order valence-corrected chi connectivity index (χ0v) is 12.7. The van der Waals surface area contributed by atoms with Crippen LogP contribution in [0.5, 0.6) is 0 Å². The van der Waals surface area contributed by atoms with Gasteiger partial charge in [0.1, 0.15) is 0 Å². The standard InChI is InChI=1S/C12H22O5S2/c1-2-12(7-13,3-8(5-18)10(14)15)4-9(6-19)11(16)17/h8-9,13,18-19H,2-7H2,1H3,(H,14,15)(H,16,17). The van der Waals surface area contributed by atoms with Crippen LogP contribution in [0.4, 0.5) is 0 Å². The van der Waals surface area contributed by atoms with Crippen LogP contribution in [0.15, 0.2) is 0 Å². The molecule has 0 saturated carbocycles. The van der Waals surface area contributed by atoms with Gasteiger partial charge in [0.25, 0.3) is 0 Å². The molecule has 0 aliphatic heterocycles. The van der Waals surface area contributed by atoms with Crippen LogP contribution in [-0.4, -0.2) is 45.4 Å². The quantitative estimate of drug-likeness (QED) is 0.393. The zero-order chi connectivity index (χ0) is 15.1. The summed E-state index contributed by atoms with van der Waals surface area (Å²) in [6.07, 6.45) is 0.950. The van der Waals surface area contributed by atoms with Crippen molar-refractivity contribution in [1.82, 2.24) is 0 Å². The minimum atomic E-state index is -0.973. The Kier molecular flexibility index (Phi) is 8.52. The molecule has 0 rings (SSSR count). The van der Waals surface area contributed by atoms with Gasteiger partial charge in [0, 0.05) is 18.1 Å². The number of thiol groups is 2. The number of carbonyl (C=O) groups is 2. The zero-order valence-electron chi connectivity index (χ0n) is 10.9. The maximum Gasteiger partial charge on any atom is 0.307 e. The number of hydrogen-bond donors (Lipinski definition) is 5. The number of hydrogen-bond acceptors (Lipinski definition) is 5. The summed E-state index contributed by atoms with van der Waals surface area (Å²) < 4.78 is 0. The summed E-state index contributed by atoms with van der Waals surface area (Å²) in [5.74, 6) is -3.00. The molecule has 3 N–H and O–H groups in total. The molecular formula is C12H22O5S2. The van der Waals surface area contributed by atoms with E-state index in [9.17, 15) is 14.7 Å². The molecule has 0 saturated heterocycles. The summed E-state index contributed by atoms with van der Waals surface area (Å²) in [6, 6.07) is 0. The molecule has 0 radical (unpaired) electrons. The average molecular weight is 310 g/mol. The molecule has 7 heteroatoms.